The lowest BCUT2D eigenvalue weighted by atomic mass is 9.71. The predicted octanol–water partition coefficient (Wildman–Crippen LogP) is 6.93. The number of carbonyl (C=O) groups is 1. The summed E-state index contributed by atoms with van der Waals surface area (Å²) in [4.78, 5) is 21.8. The number of aromatic nitrogens is 2. The molecule has 4 bridgehead atoms. The zero-order valence-electron chi connectivity index (χ0n) is 25.3. The van der Waals surface area contributed by atoms with E-state index in [1.165, 1.54) is 87.5 Å². The molecule has 1 aromatic carbocycles. The van der Waals surface area contributed by atoms with Crippen LogP contribution in [0.15, 0.2) is 24.3 Å². The van der Waals surface area contributed by atoms with E-state index in [1.54, 1.807) is 0 Å². The average molecular weight is 561 g/mol. The van der Waals surface area contributed by atoms with Crippen LogP contribution in [0.5, 0.6) is 0 Å². The van der Waals surface area contributed by atoms with Crippen molar-refractivity contribution in [2.75, 3.05) is 19.6 Å². The van der Waals surface area contributed by atoms with Gasteiger partial charge in [0.15, 0.2) is 0 Å². The first-order valence-electron chi connectivity index (χ1n) is 17.2. The molecule has 2 aliphatic carbocycles. The molecule has 7 atom stereocenters. The molecular weight excluding hydrogens is 508 g/mol. The number of likely N-dealkylation sites (tertiary alicyclic amines) is 1. The van der Waals surface area contributed by atoms with Gasteiger partial charge in [-0.25, -0.2) is 4.98 Å². The van der Waals surface area contributed by atoms with Crippen LogP contribution in [0.25, 0.3) is 11.0 Å². The number of carboxylic acids is 1. The second-order valence-corrected chi connectivity index (χ2v) is 14.7. The summed E-state index contributed by atoms with van der Waals surface area (Å²) in [5.74, 6) is 4.00. The first kappa shape index (κ1) is 27.9. The van der Waals surface area contributed by atoms with E-state index >= 15 is 0 Å². The number of benzene rings is 1. The average Bonchev–Trinajstić information content (AvgIpc) is 3.24. The molecule has 0 amide bonds. The molecule has 5 aliphatic rings. The van der Waals surface area contributed by atoms with Gasteiger partial charge in [0, 0.05) is 37.1 Å². The fourth-order valence-electron chi connectivity index (χ4n) is 10.1. The van der Waals surface area contributed by atoms with Crippen molar-refractivity contribution in [3.8, 4) is 0 Å². The lowest BCUT2D eigenvalue weighted by molar-refractivity contribution is -0.137. The highest BCUT2D eigenvalue weighted by Crippen LogP contribution is 2.49. The largest absolute Gasteiger partial charge is 0.481 e. The summed E-state index contributed by atoms with van der Waals surface area (Å²) in [6.07, 6.45) is 19.3. The smallest absolute Gasteiger partial charge is 0.304 e. The van der Waals surface area contributed by atoms with Crippen LogP contribution in [0.1, 0.15) is 109 Å². The molecular formula is C35H52N4O2. The number of rotatable bonds is 7. The first-order valence-corrected chi connectivity index (χ1v) is 17.2. The molecule has 6 heteroatoms. The minimum Gasteiger partial charge on any atom is -0.481 e. The molecule has 0 radical (unpaired) electrons. The summed E-state index contributed by atoms with van der Waals surface area (Å²) in [7, 11) is 0. The van der Waals surface area contributed by atoms with E-state index < -0.39 is 5.97 Å². The maximum absolute atomic E-state index is 11.0. The van der Waals surface area contributed by atoms with Gasteiger partial charge in [0.1, 0.15) is 5.82 Å². The molecule has 224 valence electrons. The molecule has 2 aromatic rings. The van der Waals surface area contributed by atoms with E-state index in [4.69, 9.17) is 10.1 Å². The van der Waals surface area contributed by atoms with Crippen molar-refractivity contribution < 1.29 is 9.90 Å². The number of piperidine rings is 3. The van der Waals surface area contributed by atoms with Gasteiger partial charge in [0.25, 0.3) is 0 Å². The number of fused-ring (bicyclic) bond motifs is 5. The Bertz CT molecular complexity index is 1190. The molecule has 7 rings (SSSR count). The van der Waals surface area contributed by atoms with Gasteiger partial charge < -0.3 is 14.6 Å². The molecule has 3 saturated heterocycles. The highest BCUT2D eigenvalue weighted by molar-refractivity contribution is 5.76. The summed E-state index contributed by atoms with van der Waals surface area (Å²) in [5, 5.41) is 9.09. The van der Waals surface area contributed by atoms with Crippen molar-refractivity contribution in [1.82, 2.24) is 19.4 Å². The molecule has 6 nitrogen and oxygen atoms in total. The minimum absolute atomic E-state index is 0.252. The lowest BCUT2D eigenvalue weighted by Gasteiger charge is -2.56. The second-order valence-electron chi connectivity index (χ2n) is 14.7. The monoisotopic (exact) mass is 560 g/mol. The number of hydrogen-bond acceptors (Lipinski definition) is 4. The van der Waals surface area contributed by atoms with Crippen LogP contribution in [0.3, 0.4) is 0 Å². The number of carboxylic acid groups (broad SMARTS) is 1. The normalized spacial score (nSPS) is 35.4. The fourth-order valence-corrected chi connectivity index (χ4v) is 10.1. The highest BCUT2D eigenvalue weighted by Gasteiger charge is 2.47. The molecule has 0 spiro atoms. The standard InChI is InChI=1S/C35H52N4O2/c1-24-10-11-28-22-30(23-33(24)38(28)29-19-26-6-2-3-7-27(18-26)20-29)39-32-9-5-4-8-31(32)36-34(39)21-25-12-15-37(16-13-25)17-14-35(40)41/h4-5,8-9,24-30,33H,2-3,6-7,10-23H2,1H3,(H,40,41)/t24-,26-,27+,28+,29?,30-,33+/m1/s1. The molecule has 2 saturated carbocycles. The summed E-state index contributed by atoms with van der Waals surface area (Å²) in [6, 6.07) is 11.7. The summed E-state index contributed by atoms with van der Waals surface area (Å²) >= 11 is 0. The van der Waals surface area contributed by atoms with Gasteiger partial charge in [-0.2, -0.15) is 0 Å². The van der Waals surface area contributed by atoms with Gasteiger partial charge in [-0.1, -0.05) is 44.7 Å². The third kappa shape index (κ3) is 5.85. The molecule has 1 unspecified atom stereocenters. The third-order valence-corrected chi connectivity index (χ3v) is 12.1. The lowest BCUT2D eigenvalue weighted by Crippen LogP contribution is -2.60. The van der Waals surface area contributed by atoms with Crippen molar-refractivity contribution in [3.63, 3.8) is 0 Å². The topological polar surface area (TPSA) is 61.6 Å². The Balaban J connectivity index is 1.11. The minimum atomic E-state index is -0.687. The van der Waals surface area contributed by atoms with Crippen LogP contribution in [-0.4, -0.2) is 68.2 Å². The summed E-state index contributed by atoms with van der Waals surface area (Å²) in [5.41, 5.74) is 2.51. The van der Waals surface area contributed by atoms with E-state index in [0.29, 0.717) is 24.5 Å². The van der Waals surface area contributed by atoms with Crippen molar-refractivity contribution in [2.24, 2.45) is 23.7 Å². The molecule has 5 fully saturated rings. The molecule has 4 heterocycles. The highest BCUT2D eigenvalue weighted by atomic mass is 16.4. The Hall–Kier alpha value is -1.92. The molecule has 3 aliphatic heterocycles. The van der Waals surface area contributed by atoms with Crippen LogP contribution in [0, 0.1) is 23.7 Å². The summed E-state index contributed by atoms with van der Waals surface area (Å²) in [6.45, 7) is 5.27. The van der Waals surface area contributed by atoms with Gasteiger partial charge in [0.05, 0.1) is 17.5 Å². The van der Waals surface area contributed by atoms with Crippen molar-refractivity contribution in [3.05, 3.63) is 30.1 Å². The quantitative estimate of drug-likeness (QED) is 0.398. The fraction of sp³-hybridized carbons (Fsp3) is 0.771. The second kappa shape index (κ2) is 12.0. The predicted molar refractivity (Wildman–Crippen MR) is 164 cm³/mol. The zero-order chi connectivity index (χ0) is 27.9. The Morgan fingerprint density at radius 1 is 0.878 bits per heavy atom. The van der Waals surface area contributed by atoms with E-state index in [1.807, 2.05) is 0 Å². The maximum Gasteiger partial charge on any atom is 0.304 e. The van der Waals surface area contributed by atoms with Crippen molar-refractivity contribution in [1.29, 1.82) is 0 Å². The van der Waals surface area contributed by atoms with Crippen LogP contribution in [-0.2, 0) is 11.2 Å². The van der Waals surface area contributed by atoms with Gasteiger partial charge in [-0.15, -0.1) is 0 Å². The maximum atomic E-state index is 11.0. The van der Waals surface area contributed by atoms with Crippen molar-refractivity contribution >= 4 is 17.0 Å². The van der Waals surface area contributed by atoms with Gasteiger partial charge in [-0.05, 0) is 107 Å². The molecule has 1 aromatic heterocycles. The first-order chi connectivity index (χ1) is 20.0. The Morgan fingerprint density at radius 3 is 2.39 bits per heavy atom. The number of nitrogens with zero attached hydrogens (tertiary/aromatic N) is 4. The van der Waals surface area contributed by atoms with E-state index in [2.05, 4.69) is 45.6 Å². The molecule has 1 N–H and O–H groups in total. The van der Waals surface area contributed by atoms with Crippen LogP contribution in [0.2, 0.25) is 0 Å². The third-order valence-electron chi connectivity index (χ3n) is 12.1. The van der Waals surface area contributed by atoms with Gasteiger partial charge in [0.2, 0.25) is 0 Å². The Kier molecular flexibility index (Phi) is 8.16. The molecule has 41 heavy (non-hydrogen) atoms. The van der Waals surface area contributed by atoms with Gasteiger partial charge >= 0.3 is 5.97 Å². The van der Waals surface area contributed by atoms with Crippen molar-refractivity contribution in [2.45, 2.75) is 127 Å². The van der Waals surface area contributed by atoms with E-state index in [9.17, 15) is 4.79 Å². The summed E-state index contributed by atoms with van der Waals surface area (Å²) < 4.78 is 2.71. The van der Waals surface area contributed by atoms with Crippen LogP contribution in [0.4, 0.5) is 0 Å². The van der Waals surface area contributed by atoms with Crippen LogP contribution < -0.4 is 0 Å². The number of hydrogen-bond donors (Lipinski definition) is 1. The van der Waals surface area contributed by atoms with Gasteiger partial charge in [-0.3, -0.25) is 9.69 Å². The number of para-hydroxylation sites is 2. The van der Waals surface area contributed by atoms with Crippen LogP contribution >= 0.6 is 0 Å². The number of imidazole rings is 1. The van der Waals surface area contributed by atoms with E-state index in [-0.39, 0.29) is 6.42 Å². The number of aliphatic carboxylic acids is 1. The van der Waals surface area contributed by atoms with E-state index in [0.717, 1.165) is 62.2 Å². The Morgan fingerprint density at radius 2 is 1.63 bits per heavy atom. The zero-order valence-corrected chi connectivity index (χ0v) is 25.3. The Labute approximate surface area is 246 Å². The SMILES string of the molecule is C[C@@H]1CC[C@H]2C[C@@H](n3c(CC4CCN(CCC(=O)O)CC4)nc4ccccc43)C[C@@H]1N2C1C[C@H]2CCCC[C@@H](C1)C2.